The van der Waals surface area contributed by atoms with Gasteiger partial charge in [0.15, 0.2) is 0 Å². The molecule has 2 amide bonds. The van der Waals surface area contributed by atoms with Crippen LogP contribution in [0.25, 0.3) is 20.8 Å². The lowest BCUT2D eigenvalue weighted by Gasteiger charge is -2.22. The van der Waals surface area contributed by atoms with Crippen LogP contribution in [0.4, 0.5) is 5.69 Å². The molecule has 28 heavy (non-hydrogen) atoms. The summed E-state index contributed by atoms with van der Waals surface area (Å²) in [6.07, 6.45) is 0.417. The van der Waals surface area contributed by atoms with Crippen LogP contribution in [0.1, 0.15) is 18.9 Å². The Hall–Kier alpha value is -2.38. The van der Waals surface area contributed by atoms with Crippen molar-refractivity contribution in [1.82, 2.24) is 9.88 Å². The number of aromatic nitrogens is 1. The van der Waals surface area contributed by atoms with Gasteiger partial charge in [-0.25, -0.2) is 4.98 Å². The quantitative estimate of drug-likeness (QED) is 0.686. The van der Waals surface area contributed by atoms with Gasteiger partial charge < -0.3 is 10.2 Å². The minimum absolute atomic E-state index is 0.0200. The zero-order valence-electron chi connectivity index (χ0n) is 15.8. The molecule has 0 bridgehead atoms. The van der Waals surface area contributed by atoms with Crippen LogP contribution in [0.5, 0.6) is 0 Å². The summed E-state index contributed by atoms with van der Waals surface area (Å²) in [5, 5.41) is 3.91. The number of carbonyl (C=O) groups excluding carboxylic acids is 2. The highest BCUT2D eigenvalue weighted by Gasteiger charge is 2.33. The highest BCUT2D eigenvalue weighted by molar-refractivity contribution is 7.99. The molecule has 1 fully saturated rings. The summed E-state index contributed by atoms with van der Waals surface area (Å²) in [6.45, 7) is 3.90. The maximum absolute atomic E-state index is 12.6. The van der Waals surface area contributed by atoms with Crippen molar-refractivity contribution in [1.29, 1.82) is 0 Å². The lowest BCUT2D eigenvalue weighted by molar-refractivity contribution is -0.135. The lowest BCUT2D eigenvalue weighted by Crippen LogP contribution is -2.44. The van der Waals surface area contributed by atoms with Gasteiger partial charge in [0.05, 0.1) is 16.1 Å². The van der Waals surface area contributed by atoms with Gasteiger partial charge in [-0.2, -0.15) is 0 Å². The molecule has 1 aromatic heterocycles. The van der Waals surface area contributed by atoms with Crippen LogP contribution < -0.4 is 5.32 Å². The molecule has 2 heterocycles. The van der Waals surface area contributed by atoms with Crippen LogP contribution in [0.2, 0.25) is 0 Å². The summed E-state index contributed by atoms with van der Waals surface area (Å²) in [5.74, 6) is 1.11. The number of hydrogen-bond acceptors (Lipinski definition) is 5. The monoisotopic (exact) mass is 411 g/mol. The molecular formula is C21H21N3O2S2. The predicted octanol–water partition coefficient (Wildman–Crippen LogP) is 4.52. The Morgan fingerprint density at radius 3 is 2.75 bits per heavy atom. The van der Waals surface area contributed by atoms with Crippen molar-refractivity contribution >= 4 is 50.8 Å². The van der Waals surface area contributed by atoms with Crippen molar-refractivity contribution in [3.63, 3.8) is 0 Å². The molecule has 0 aliphatic carbocycles. The summed E-state index contributed by atoms with van der Waals surface area (Å²) >= 11 is 3.28. The minimum Gasteiger partial charge on any atom is -0.324 e. The van der Waals surface area contributed by atoms with Crippen LogP contribution >= 0.6 is 23.1 Å². The number of anilines is 1. The first kappa shape index (κ1) is 19.0. The second-order valence-electron chi connectivity index (χ2n) is 6.79. The number of nitrogens with zero attached hydrogens (tertiary/aromatic N) is 2. The molecule has 1 atom stereocenters. The summed E-state index contributed by atoms with van der Waals surface area (Å²) in [4.78, 5) is 31.0. The molecule has 5 nitrogen and oxygen atoms in total. The molecule has 1 N–H and O–H groups in total. The van der Waals surface area contributed by atoms with Gasteiger partial charge in [-0.1, -0.05) is 13.0 Å². The summed E-state index contributed by atoms with van der Waals surface area (Å²) in [5.41, 5.74) is 3.98. The fourth-order valence-corrected chi connectivity index (χ4v) is 5.44. The molecule has 1 aliphatic rings. The first-order chi connectivity index (χ1) is 13.5. The second kappa shape index (κ2) is 7.93. The molecule has 2 aromatic carbocycles. The molecule has 7 heteroatoms. The number of nitrogens with one attached hydrogen (secondary N) is 1. The Bertz CT molecular complexity index is 1030. The average molecular weight is 412 g/mol. The fourth-order valence-electron chi connectivity index (χ4n) is 3.19. The third-order valence-electron chi connectivity index (χ3n) is 4.75. The predicted molar refractivity (Wildman–Crippen MR) is 117 cm³/mol. The zero-order valence-corrected chi connectivity index (χ0v) is 17.4. The third-order valence-corrected chi connectivity index (χ3v) is 6.83. The van der Waals surface area contributed by atoms with Gasteiger partial charge in [-0.05, 0) is 48.9 Å². The lowest BCUT2D eigenvalue weighted by atomic mass is 10.2. The number of amides is 2. The summed E-state index contributed by atoms with van der Waals surface area (Å²) < 4.78 is 1.17. The van der Waals surface area contributed by atoms with E-state index in [2.05, 4.69) is 24.4 Å². The zero-order chi connectivity index (χ0) is 19.7. The van der Waals surface area contributed by atoms with E-state index in [9.17, 15) is 9.59 Å². The van der Waals surface area contributed by atoms with Crippen LogP contribution in [-0.2, 0) is 9.59 Å². The Morgan fingerprint density at radius 1 is 1.21 bits per heavy atom. The largest absolute Gasteiger partial charge is 0.324 e. The van der Waals surface area contributed by atoms with E-state index in [1.165, 1.54) is 10.3 Å². The number of thiazole rings is 1. The van der Waals surface area contributed by atoms with E-state index in [0.29, 0.717) is 18.1 Å². The number of benzene rings is 2. The Labute approximate surface area is 172 Å². The number of fused-ring (bicyclic) bond motifs is 1. The van der Waals surface area contributed by atoms with Crippen molar-refractivity contribution < 1.29 is 9.59 Å². The molecular weight excluding hydrogens is 390 g/mol. The molecule has 0 spiro atoms. The van der Waals surface area contributed by atoms with Crippen LogP contribution in [0, 0.1) is 6.92 Å². The number of rotatable bonds is 4. The standard InChI is InChI=1S/C21H21N3O2S2/c1-3-19(25)24-12-27-11-17(24)20(26)22-15-7-5-14(6-8-15)21-23-16-9-4-13(2)10-18(16)28-21/h4-10,17H,3,11-12H2,1-2H3,(H,22,26). The minimum atomic E-state index is -0.398. The van der Waals surface area contributed by atoms with Gasteiger partial charge in [0.25, 0.3) is 0 Å². The molecule has 144 valence electrons. The number of thioether (sulfide) groups is 1. The maximum Gasteiger partial charge on any atom is 0.248 e. The summed E-state index contributed by atoms with van der Waals surface area (Å²) in [6, 6.07) is 13.6. The van der Waals surface area contributed by atoms with Gasteiger partial charge in [0, 0.05) is 23.4 Å². The van der Waals surface area contributed by atoms with Gasteiger partial charge in [0.2, 0.25) is 11.8 Å². The van der Waals surface area contributed by atoms with Crippen LogP contribution in [-0.4, -0.2) is 39.4 Å². The van der Waals surface area contributed by atoms with E-state index in [0.717, 1.165) is 21.8 Å². The SMILES string of the molecule is CCC(=O)N1CSCC1C(=O)Nc1ccc(-c2nc3ccc(C)cc3s2)cc1. The second-order valence-corrected chi connectivity index (χ2v) is 8.82. The van der Waals surface area contributed by atoms with Crippen molar-refractivity contribution in [2.24, 2.45) is 0 Å². The Kier molecular flexibility index (Phi) is 5.37. The van der Waals surface area contributed by atoms with E-state index < -0.39 is 6.04 Å². The molecule has 1 unspecified atom stereocenters. The molecule has 1 aliphatic heterocycles. The molecule has 0 saturated carbocycles. The molecule has 1 saturated heterocycles. The van der Waals surface area contributed by atoms with Gasteiger partial charge in [-0.3, -0.25) is 9.59 Å². The van der Waals surface area contributed by atoms with E-state index in [1.54, 1.807) is 28.0 Å². The Balaban J connectivity index is 1.48. The number of carbonyl (C=O) groups is 2. The highest BCUT2D eigenvalue weighted by Crippen LogP contribution is 2.31. The third kappa shape index (κ3) is 3.77. The fraction of sp³-hybridized carbons (Fsp3) is 0.286. The van der Waals surface area contributed by atoms with Crippen molar-refractivity contribution in [2.45, 2.75) is 26.3 Å². The van der Waals surface area contributed by atoms with Crippen molar-refractivity contribution in [3.05, 3.63) is 48.0 Å². The Morgan fingerprint density at radius 2 is 2.00 bits per heavy atom. The van der Waals surface area contributed by atoms with Crippen molar-refractivity contribution in [2.75, 3.05) is 16.9 Å². The number of hydrogen-bond donors (Lipinski definition) is 1. The van der Waals surface area contributed by atoms with Crippen molar-refractivity contribution in [3.8, 4) is 10.6 Å². The normalized spacial score (nSPS) is 16.5. The average Bonchev–Trinajstić information content (AvgIpc) is 3.34. The number of aryl methyl sites for hydroxylation is 1. The van der Waals surface area contributed by atoms with Crippen LogP contribution in [0.3, 0.4) is 0 Å². The van der Waals surface area contributed by atoms with Gasteiger partial charge in [0.1, 0.15) is 11.0 Å². The van der Waals surface area contributed by atoms with Gasteiger partial charge >= 0.3 is 0 Å². The van der Waals surface area contributed by atoms with E-state index >= 15 is 0 Å². The van der Waals surface area contributed by atoms with E-state index in [-0.39, 0.29) is 11.8 Å². The van der Waals surface area contributed by atoms with E-state index in [1.807, 2.05) is 37.3 Å². The summed E-state index contributed by atoms with van der Waals surface area (Å²) in [7, 11) is 0. The molecule has 0 radical (unpaired) electrons. The first-order valence-electron chi connectivity index (χ1n) is 9.21. The topological polar surface area (TPSA) is 62.3 Å². The van der Waals surface area contributed by atoms with Gasteiger partial charge in [-0.15, -0.1) is 23.1 Å². The smallest absolute Gasteiger partial charge is 0.248 e. The first-order valence-corrected chi connectivity index (χ1v) is 11.2. The van der Waals surface area contributed by atoms with E-state index in [4.69, 9.17) is 4.98 Å². The molecule has 3 aromatic rings. The highest BCUT2D eigenvalue weighted by atomic mass is 32.2. The molecule has 4 rings (SSSR count). The maximum atomic E-state index is 12.6. The van der Waals surface area contributed by atoms with Crippen LogP contribution in [0.15, 0.2) is 42.5 Å².